The first-order chi connectivity index (χ1) is 9.78. The third-order valence-electron chi connectivity index (χ3n) is 3.93. The lowest BCUT2D eigenvalue weighted by atomic mass is 9.82. The van der Waals surface area contributed by atoms with E-state index in [4.69, 9.17) is 0 Å². The van der Waals surface area contributed by atoms with Gasteiger partial charge in [0.2, 0.25) is 5.91 Å². The van der Waals surface area contributed by atoms with Crippen LogP contribution in [-0.2, 0) is 16.8 Å². The van der Waals surface area contributed by atoms with Crippen LogP contribution in [0.5, 0.6) is 0 Å². The van der Waals surface area contributed by atoms with Gasteiger partial charge in [-0.3, -0.25) is 4.79 Å². The molecular weight excluding hydrogens is 284 g/mol. The van der Waals surface area contributed by atoms with Crippen LogP contribution in [0.1, 0.15) is 70.0 Å². The lowest BCUT2D eigenvalue weighted by molar-refractivity contribution is -0.127. The summed E-state index contributed by atoms with van der Waals surface area (Å²) in [6.45, 7) is 6.84. The van der Waals surface area contributed by atoms with Crippen LogP contribution in [0.2, 0.25) is 0 Å². The van der Waals surface area contributed by atoms with Gasteiger partial charge in [0.1, 0.15) is 0 Å². The fourth-order valence-corrected chi connectivity index (χ4v) is 3.58. The molecule has 1 saturated carbocycles. The van der Waals surface area contributed by atoms with Crippen LogP contribution < -0.4 is 5.32 Å². The van der Waals surface area contributed by atoms with Gasteiger partial charge in [0.15, 0.2) is 0 Å². The highest BCUT2D eigenvalue weighted by molar-refractivity contribution is 7.09. The van der Waals surface area contributed by atoms with E-state index in [-0.39, 0.29) is 17.7 Å². The highest BCUT2D eigenvalue weighted by Crippen LogP contribution is 2.30. The molecule has 0 bridgehead atoms. The maximum Gasteiger partial charge on any atom is 0.223 e. The Hall–Kier alpha value is -0.940. The summed E-state index contributed by atoms with van der Waals surface area (Å²) in [5.41, 5.74) is 0.152. The highest BCUT2D eigenvalue weighted by atomic mass is 32.1. The van der Waals surface area contributed by atoms with E-state index in [1.807, 2.05) is 5.38 Å². The number of hydrogen-bond acceptors (Lipinski definition) is 4. The summed E-state index contributed by atoms with van der Waals surface area (Å²) >= 11 is 1.63. The molecule has 0 unspecified atom stereocenters. The van der Waals surface area contributed by atoms with Gasteiger partial charge in [0.05, 0.1) is 29.3 Å². The minimum atomic E-state index is -0.791. The molecule has 0 saturated heterocycles. The Kier molecular flexibility index (Phi) is 5.04. The molecule has 4 nitrogen and oxygen atoms in total. The average molecular weight is 310 g/mol. The monoisotopic (exact) mass is 310 g/mol. The number of nitrogens with zero attached hydrogens (tertiary/aromatic N) is 1. The average Bonchev–Trinajstić information content (AvgIpc) is 2.85. The van der Waals surface area contributed by atoms with Crippen LogP contribution in [-0.4, -0.2) is 21.6 Å². The lowest BCUT2D eigenvalue weighted by Gasteiger charge is -2.31. The van der Waals surface area contributed by atoms with Gasteiger partial charge >= 0.3 is 0 Å². The van der Waals surface area contributed by atoms with Crippen molar-refractivity contribution in [3.05, 3.63) is 16.1 Å². The number of aliphatic hydroxyl groups is 1. The van der Waals surface area contributed by atoms with Crippen LogP contribution in [0.25, 0.3) is 0 Å². The molecule has 1 aliphatic rings. The zero-order valence-electron chi connectivity index (χ0n) is 13.2. The van der Waals surface area contributed by atoms with Gasteiger partial charge in [0.25, 0.3) is 0 Å². The smallest absolute Gasteiger partial charge is 0.223 e. The van der Waals surface area contributed by atoms with Gasteiger partial charge in [-0.15, -0.1) is 11.3 Å². The van der Waals surface area contributed by atoms with Crippen molar-refractivity contribution in [2.24, 2.45) is 0 Å². The van der Waals surface area contributed by atoms with Crippen molar-refractivity contribution in [2.45, 2.75) is 76.9 Å². The van der Waals surface area contributed by atoms with Crippen LogP contribution in [0.15, 0.2) is 5.38 Å². The Bertz CT molecular complexity index is 485. The number of hydrogen-bond donors (Lipinski definition) is 2. The zero-order chi connectivity index (χ0) is 15.5. The van der Waals surface area contributed by atoms with Gasteiger partial charge in [-0.1, -0.05) is 40.0 Å². The van der Waals surface area contributed by atoms with Crippen molar-refractivity contribution in [3.63, 3.8) is 0 Å². The van der Waals surface area contributed by atoms with Crippen LogP contribution in [0, 0.1) is 0 Å². The third kappa shape index (κ3) is 4.78. The molecule has 0 aliphatic heterocycles. The standard InChI is InChI=1S/C16H26N2O2S/c1-15(2,3)14-18-12(11-21-14)10-17-13(19)9-16(20)7-5-4-6-8-16/h11,20H,4-10H2,1-3H3,(H,17,19). The Morgan fingerprint density at radius 2 is 2.05 bits per heavy atom. The number of thiazole rings is 1. The SMILES string of the molecule is CC(C)(C)c1nc(CNC(=O)CC2(O)CCCCC2)cs1. The van der Waals surface area contributed by atoms with E-state index in [0.29, 0.717) is 6.54 Å². The lowest BCUT2D eigenvalue weighted by Crippen LogP contribution is -2.38. The molecule has 2 N–H and O–H groups in total. The van der Waals surface area contributed by atoms with Gasteiger partial charge < -0.3 is 10.4 Å². The molecule has 0 radical (unpaired) electrons. The van der Waals surface area contributed by atoms with Crippen molar-refractivity contribution < 1.29 is 9.90 Å². The molecule has 0 aromatic carbocycles. The van der Waals surface area contributed by atoms with Crippen LogP contribution in [0.3, 0.4) is 0 Å². The fourth-order valence-electron chi connectivity index (χ4n) is 2.67. The summed E-state index contributed by atoms with van der Waals surface area (Å²) < 4.78 is 0. The van der Waals surface area contributed by atoms with E-state index in [9.17, 15) is 9.90 Å². The first-order valence-corrected chi connectivity index (χ1v) is 8.60. The van der Waals surface area contributed by atoms with Crippen molar-refractivity contribution in [1.29, 1.82) is 0 Å². The normalized spacial score (nSPS) is 18.5. The number of amides is 1. The largest absolute Gasteiger partial charge is 0.389 e. The molecule has 21 heavy (non-hydrogen) atoms. The summed E-state index contributed by atoms with van der Waals surface area (Å²) in [6, 6.07) is 0. The molecule has 0 spiro atoms. The predicted molar refractivity (Wildman–Crippen MR) is 85.3 cm³/mol. The first-order valence-electron chi connectivity index (χ1n) is 7.72. The fraction of sp³-hybridized carbons (Fsp3) is 0.750. The number of aromatic nitrogens is 1. The molecule has 1 aromatic heterocycles. The van der Waals surface area contributed by atoms with Crippen molar-refractivity contribution >= 4 is 17.2 Å². The second-order valence-corrected chi connectivity index (χ2v) is 7.99. The first kappa shape index (κ1) is 16.4. The molecule has 1 fully saturated rings. The summed E-state index contributed by atoms with van der Waals surface area (Å²) in [6.07, 6.45) is 4.90. The minimum Gasteiger partial charge on any atom is -0.389 e. The Morgan fingerprint density at radius 1 is 1.38 bits per heavy atom. The van der Waals surface area contributed by atoms with Crippen molar-refractivity contribution in [3.8, 4) is 0 Å². The Balaban J connectivity index is 1.82. The number of carbonyl (C=O) groups is 1. The van der Waals surface area contributed by atoms with Gasteiger partial charge in [-0.05, 0) is 12.8 Å². The van der Waals surface area contributed by atoms with E-state index < -0.39 is 5.60 Å². The molecule has 118 valence electrons. The number of carbonyl (C=O) groups excluding carboxylic acids is 1. The van der Waals surface area contributed by atoms with Gasteiger partial charge in [0, 0.05) is 10.8 Å². The summed E-state index contributed by atoms with van der Waals surface area (Å²) in [5, 5.41) is 16.3. The van der Waals surface area contributed by atoms with Crippen molar-refractivity contribution in [1.82, 2.24) is 10.3 Å². The maximum atomic E-state index is 12.0. The number of nitrogens with one attached hydrogen (secondary N) is 1. The molecule has 5 heteroatoms. The van der Waals surface area contributed by atoms with E-state index in [1.54, 1.807) is 11.3 Å². The van der Waals surface area contributed by atoms with Crippen LogP contribution in [0.4, 0.5) is 0 Å². The van der Waals surface area contributed by atoms with E-state index in [1.165, 1.54) is 6.42 Å². The molecule has 1 aromatic rings. The van der Waals surface area contributed by atoms with E-state index >= 15 is 0 Å². The quantitative estimate of drug-likeness (QED) is 0.898. The predicted octanol–water partition coefficient (Wildman–Crippen LogP) is 3.14. The summed E-state index contributed by atoms with van der Waals surface area (Å²) in [5.74, 6) is -0.0790. The van der Waals surface area contributed by atoms with E-state index in [2.05, 4.69) is 31.1 Å². The molecular formula is C16H26N2O2S. The van der Waals surface area contributed by atoms with Gasteiger partial charge in [-0.2, -0.15) is 0 Å². The van der Waals surface area contributed by atoms with Crippen molar-refractivity contribution in [2.75, 3.05) is 0 Å². The minimum absolute atomic E-state index is 0.0458. The van der Waals surface area contributed by atoms with Gasteiger partial charge in [-0.25, -0.2) is 4.98 Å². The molecule has 0 atom stereocenters. The Labute approximate surface area is 131 Å². The van der Waals surface area contributed by atoms with Crippen LogP contribution >= 0.6 is 11.3 Å². The molecule has 1 aliphatic carbocycles. The third-order valence-corrected chi connectivity index (χ3v) is 5.25. The Morgan fingerprint density at radius 3 is 2.62 bits per heavy atom. The highest BCUT2D eigenvalue weighted by Gasteiger charge is 2.31. The topological polar surface area (TPSA) is 62.2 Å². The molecule has 1 amide bonds. The summed E-state index contributed by atoms with van der Waals surface area (Å²) in [7, 11) is 0. The molecule has 2 rings (SSSR count). The molecule has 1 heterocycles. The zero-order valence-corrected chi connectivity index (χ0v) is 14.1. The second-order valence-electron chi connectivity index (χ2n) is 7.13. The summed E-state index contributed by atoms with van der Waals surface area (Å²) in [4.78, 5) is 16.6. The maximum absolute atomic E-state index is 12.0. The second kappa shape index (κ2) is 6.44. The number of rotatable bonds is 4. The van der Waals surface area contributed by atoms with E-state index in [0.717, 1.165) is 36.4 Å².